The van der Waals surface area contributed by atoms with Crippen LogP contribution < -0.4 is 5.32 Å². The van der Waals surface area contributed by atoms with Crippen LogP contribution >= 0.6 is 0 Å². The molecule has 1 aliphatic carbocycles. The van der Waals surface area contributed by atoms with Gasteiger partial charge in [0.2, 0.25) is 0 Å². The molecule has 0 radical (unpaired) electrons. The van der Waals surface area contributed by atoms with E-state index in [9.17, 15) is 13.2 Å². The molecule has 0 spiro atoms. The van der Waals surface area contributed by atoms with Gasteiger partial charge in [-0.25, -0.2) is 8.42 Å². The number of amides is 1. The molecule has 4 nitrogen and oxygen atoms in total. The first kappa shape index (κ1) is 17.5. The molecule has 24 heavy (non-hydrogen) atoms. The highest BCUT2D eigenvalue weighted by Gasteiger charge is 2.37. The molecule has 1 saturated heterocycles. The van der Waals surface area contributed by atoms with Crippen molar-refractivity contribution < 1.29 is 13.2 Å². The fourth-order valence-corrected chi connectivity index (χ4v) is 5.58. The molecule has 1 aromatic rings. The maximum atomic E-state index is 12.6. The van der Waals surface area contributed by atoms with E-state index in [2.05, 4.69) is 39.1 Å². The Morgan fingerprint density at radius 1 is 1.08 bits per heavy atom. The van der Waals surface area contributed by atoms with Gasteiger partial charge in [-0.05, 0) is 53.4 Å². The second-order valence-electron chi connectivity index (χ2n) is 8.60. The van der Waals surface area contributed by atoms with Gasteiger partial charge in [-0.15, -0.1) is 0 Å². The average molecular weight is 349 g/mol. The van der Waals surface area contributed by atoms with Crippen LogP contribution in [0.4, 0.5) is 0 Å². The Hall–Kier alpha value is -1.36. The molecule has 0 bridgehead atoms. The third-order valence-corrected chi connectivity index (χ3v) is 7.45. The molecule has 0 saturated carbocycles. The van der Waals surface area contributed by atoms with Crippen molar-refractivity contribution in [2.45, 2.75) is 63.8 Å². The summed E-state index contributed by atoms with van der Waals surface area (Å²) in [5.41, 5.74) is 3.37. The predicted octanol–water partition coefficient (Wildman–Crippen LogP) is 2.95. The van der Waals surface area contributed by atoms with Crippen LogP contribution in [-0.2, 0) is 20.7 Å². The summed E-state index contributed by atoms with van der Waals surface area (Å²) in [6.07, 6.45) is 2.74. The first-order valence-electron chi connectivity index (χ1n) is 8.67. The zero-order valence-electron chi connectivity index (χ0n) is 15.0. The summed E-state index contributed by atoms with van der Waals surface area (Å²) >= 11 is 0. The Morgan fingerprint density at radius 3 is 2.29 bits per heavy atom. The second kappa shape index (κ2) is 5.58. The highest BCUT2D eigenvalue weighted by atomic mass is 32.2. The Labute approximate surface area is 145 Å². The smallest absolute Gasteiger partial charge is 0.251 e. The van der Waals surface area contributed by atoms with Gasteiger partial charge < -0.3 is 5.32 Å². The lowest BCUT2D eigenvalue weighted by molar-refractivity contribution is 0.0941. The van der Waals surface area contributed by atoms with Crippen molar-refractivity contribution in [1.29, 1.82) is 0 Å². The van der Waals surface area contributed by atoms with Crippen molar-refractivity contribution in [3.05, 3.63) is 34.9 Å². The van der Waals surface area contributed by atoms with Crippen molar-refractivity contribution in [2.75, 3.05) is 11.5 Å². The molecule has 132 valence electrons. The molecule has 1 fully saturated rings. The molecule has 1 unspecified atom stereocenters. The SMILES string of the molecule is CC1(C)CCC(C)(C)c2cc(C(=O)NC3CCS(=O)(=O)C3)ccc21. The summed E-state index contributed by atoms with van der Waals surface area (Å²) in [6, 6.07) is 5.70. The van der Waals surface area contributed by atoms with Gasteiger partial charge in [-0.1, -0.05) is 33.8 Å². The molecule has 1 aromatic carbocycles. The monoisotopic (exact) mass is 349 g/mol. The highest BCUT2D eigenvalue weighted by molar-refractivity contribution is 7.91. The first-order chi connectivity index (χ1) is 11.0. The van der Waals surface area contributed by atoms with Gasteiger partial charge in [0.1, 0.15) is 0 Å². The molecule has 0 aromatic heterocycles. The Kier molecular flexibility index (Phi) is 4.06. The molecular weight excluding hydrogens is 322 g/mol. The van der Waals surface area contributed by atoms with E-state index >= 15 is 0 Å². The van der Waals surface area contributed by atoms with E-state index in [1.54, 1.807) is 0 Å². The maximum Gasteiger partial charge on any atom is 0.251 e. The standard InChI is InChI=1S/C19H27NO3S/c1-18(2)8-9-19(3,4)16-11-13(5-6-15(16)18)17(21)20-14-7-10-24(22,23)12-14/h5-6,11,14H,7-10,12H2,1-4H3,(H,20,21). The number of hydrogen-bond donors (Lipinski definition) is 1. The van der Waals surface area contributed by atoms with Crippen LogP contribution in [0.5, 0.6) is 0 Å². The number of nitrogens with one attached hydrogen (secondary N) is 1. The molecule has 1 aliphatic heterocycles. The number of carbonyl (C=O) groups excluding carboxylic acids is 1. The lowest BCUT2D eigenvalue weighted by Crippen LogP contribution is -2.37. The van der Waals surface area contributed by atoms with Crippen molar-refractivity contribution >= 4 is 15.7 Å². The minimum absolute atomic E-state index is 0.0534. The van der Waals surface area contributed by atoms with E-state index in [0.29, 0.717) is 12.0 Å². The largest absolute Gasteiger partial charge is 0.348 e. The summed E-state index contributed by atoms with van der Waals surface area (Å²) in [6.45, 7) is 8.97. The minimum atomic E-state index is -2.99. The fraction of sp³-hybridized carbons (Fsp3) is 0.632. The number of hydrogen-bond acceptors (Lipinski definition) is 3. The van der Waals surface area contributed by atoms with E-state index in [0.717, 1.165) is 12.8 Å². The molecule has 1 N–H and O–H groups in total. The van der Waals surface area contributed by atoms with Crippen molar-refractivity contribution in [2.24, 2.45) is 0 Å². The van der Waals surface area contributed by atoms with Crippen molar-refractivity contribution in [1.82, 2.24) is 5.32 Å². The van der Waals surface area contributed by atoms with E-state index in [-0.39, 0.29) is 34.3 Å². The van der Waals surface area contributed by atoms with Crippen LogP contribution in [0.1, 0.15) is 68.4 Å². The van der Waals surface area contributed by atoms with Gasteiger partial charge >= 0.3 is 0 Å². The van der Waals surface area contributed by atoms with Crippen LogP contribution in [0.25, 0.3) is 0 Å². The second-order valence-corrected chi connectivity index (χ2v) is 10.8. The average Bonchev–Trinajstić information content (AvgIpc) is 2.82. The van der Waals surface area contributed by atoms with Gasteiger partial charge in [-0.3, -0.25) is 4.79 Å². The maximum absolute atomic E-state index is 12.6. The van der Waals surface area contributed by atoms with Crippen LogP contribution in [-0.4, -0.2) is 31.9 Å². The summed E-state index contributed by atoms with van der Waals surface area (Å²) in [5, 5.41) is 2.89. The van der Waals surface area contributed by atoms with Crippen LogP contribution in [0, 0.1) is 0 Å². The number of sulfone groups is 1. The molecule has 2 aliphatic rings. The summed E-state index contributed by atoms with van der Waals surface area (Å²) < 4.78 is 23.1. The Balaban J connectivity index is 1.87. The third-order valence-electron chi connectivity index (χ3n) is 5.68. The van der Waals surface area contributed by atoms with Crippen LogP contribution in [0.2, 0.25) is 0 Å². The van der Waals surface area contributed by atoms with E-state index in [1.165, 1.54) is 11.1 Å². The number of rotatable bonds is 2. The minimum Gasteiger partial charge on any atom is -0.348 e. The topological polar surface area (TPSA) is 63.2 Å². The van der Waals surface area contributed by atoms with Crippen LogP contribution in [0.15, 0.2) is 18.2 Å². The van der Waals surface area contributed by atoms with Crippen molar-refractivity contribution in [3.8, 4) is 0 Å². The zero-order chi connectivity index (χ0) is 17.8. The molecule has 1 heterocycles. The fourth-order valence-electron chi connectivity index (χ4n) is 3.91. The predicted molar refractivity (Wildman–Crippen MR) is 96.3 cm³/mol. The normalized spacial score (nSPS) is 26.6. The van der Waals surface area contributed by atoms with Gasteiger partial charge in [0.15, 0.2) is 9.84 Å². The molecule has 1 atom stereocenters. The lowest BCUT2D eigenvalue weighted by Gasteiger charge is -2.42. The zero-order valence-corrected chi connectivity index (χ0v) is 15.8. The molecular formula is C19H27NO3S. The number of benzene rings is 1. The molecule has 5 heteroatoms. The van der Waals surface area contributed by atoms with Gasteiger partial charge in [0, 0.05) is 11.6 Å². The Morgan fingerprint density at radius 2 is 1.71 bits per heavy atom. The summed E-state index contributed by atoms with van der Waals surface area (Å²) in [7, 11) is -2.99. The van der Waals surface area contributed by atoms with Gasteiger partial charge in [0.05, 0.1) is 11.5 Å². The quantitative estimate of drug-likeness (QED) is 0.893. The number of fused-ring (bicyclic) bond motifs is 1. The van der Waals surface area contributed by atoms with Crippen molar-refractivity contribution in [3.63, 3.8) is 0 Å². The molecule has 3 rings (SSSR count). The van der Waals surface area contributed by atoms with E-state index < -0.39 is 9.84 Å². The van der Waals surface area contributed by atoms with Gasteiger partial charge in [0.25, 0.3) is 5.91 Å². The number of carbonyl (C=O) groups is 1. The highest BCUT2D eigenvalue weighted by Crippen LogP contribution is 2.45. The van der Waals surface area contributed by atoms with E-state index in [1.807, 2.05) is 12.1 Å². The lowest BCUT2D eigenvalue weighted by atomic mass is 9.63. The summed E-state index contributed by atoms with van der Waals surface area (Å²) in [4.78, 5) is 12.6. The molecule has 1 amide bonds. The van der Waals surface area contributed by atoms with Crippen LogP contribution in [0.3, 0.4) is 0 Å². The Bertz CT molecular complexity index is 778. The van der Waals surface area contributed by atoms with E-state index in [4.69, 9.17) is 0 Å². The first-order valence-corrected chi connectivity index (χ1v) is 10.5. The summed E-state index contributed by atoms with van der Waals surface area (Å²) in [5.74, 6) is 0.0602. The third kappa shape index (κ3) is 3.23. The van der Waals surface area contributed by atoms with Gasteiger partial charge in [-0.2, -0.15) is 0 Å².